The second kappa shape index (κ2) is 17.3. The van der Waals surface area contributed by atoms with Crippen LogP contribution in [0.2, 0.25) is 0 Å². The number of hydrogen-bond acceptors (Lipinski definition) is 11. The summed E-state index contributed by atoms with van der Waals surface area (Å²) in [5.41, 5.74) is -1.45. The number of thiol groups is 1. The SMILES string of the molecule is CCc1cc(N2[C@@H](S)N(c3cnc(C#N)c(C(F)(F)F)c3)C(=O)C2(C)C)ccc1OCCC1CCN([C@H](C)C(=O)Nc2cccc(N[C@@H]3CCC(=O)NC3=O)c2)CC1. The van der Waals surface area contributed by atoms with Crippen molar-refractivity contribution in [3.63, 3.8) is 0 Å². The van der Waals surface area contributed by atoms with E-state index < -0.39 is 40.4 Å². The molecule has 3 aromatic rings. The first kappa shape index (κ1) is 42.3. The first-order valence-corrected chi connectivity index (χ1v) is 19.8. The lowest BCUT2D eigenvalue weighted by Crippen LogP contribution is -2.47. The lowest BCUT2D eigenvalue weighted by Gasteiger charge is -2.35. The molecule has 3 saturated heterocycles. The van der Waals surface area contributed by atoms with Crippen molar-refractivity contribution in [2.75, 3.05) is 40.1 Å². The lowest BCUT2D eigenvalue weighted by molar-refractivity contribution is -0.138. The van der Waals surface area contributed by atoms with Crippen LogP contribution < -0.4 is 30.5 Å². The molecule has 3 fully saturated rings. The molecule has 3 aliphatic heterocycles. The molecule has 4 heterocycles. The van der Waals surface area contributed by atoms with Crippen molar-refractivity contribution >= 4 is 59.0 Å². The molecule has 0 unspecified atom stereocenters. The summed E-state index contributed by atoms with van der Waals surface area (Å²) in [6.07, 6.45) is 0.172. The molecular formula is C41H47F3N8O5S. The largest absolute Gasteiger partial charge is 0.493 e. The van der Waals surface area contributed by atoms with Gasteiger partial charge >= 0.3 is 6.18 Å². The molecule has 0 aliphatic carbocycles. The summed E-state index contributed by atoms with van der Waals surface area (Å²) in [6, 6.07) is 14.1. The van der Waals surface area contributed by atoms with E-state index in [1.165, 1.54) is 6.07 Å². The molecule has 2 aromatic carbocycles. The normalized spacial score (nSPS) is 20.7. The van der Waals surface area contributed by atoms with E-state index in [2.05, 4.69) is 25.8 Å². The van der Waals surface area contributed by atoms with E-state index in [4.69, 9.17) is 17.4 Å². The third-order valence-electron chi connectivity index (χ3n) is 11.1. The van der Waals surface area contributed by atoms with Gasteiger partial charge in [-0.2, -0.15) is 18.4 Å². The highest BCUT2D eigenvalue weighted by Gasteiger charge is 2.52. The number of rotatable bonds is 12. The number of benzene rings is 2. The van der Waals surface area contributed by atoms with E-state index in [0.717, 1.165) is 55.1 Å². The van der Waals surface area contributed by atoms with Crippen molar-refractivity contribution in [3.8, 4) is 11.8 Å². The first-order chi connectivity index (χ1) is 27.5. The minimum absolute atomic E-state index is 0.116. The third-order valence-corrected chi connectivity index (χ3v) is 11.6. The van der Waals surface area contributed by atoms with Crippen LogP contribution in [0, 0.1) is 17.2 Å². The van der Waals surface area contributed by atoms with Crippen molar-refractivity contribution in [1.29, 1.82) is 5.26 Å². The number of nitriles is 1. The van der Waals surface area contributed by atoms with Gasteiger partial charge in [0.15, 0.2) is 11.2 Å². The molecule has 0 spiro atoms. The van der Waals surface area contributed by atoms with Crippen LogP contribution in [-0.4, -0.2) is 76.3 Å². The van der Waals surface area contributed by atoms with Crippen molar-refractivity contribution in [2.45, 2.75) is 95.5 Å². The predicted molar refractivity (Wildman–Crippen MR) is 215 cm³/mol. The minimum atomic E-state index is -4.84. The van der Waals surface area contributed by atoms with Crippen LogP contribution in [0.4, 0.5) is 35.9 Å². The maximum Gasteiger partial charge on any atom is 0.419 e. The number of nitrogens with zero attached hydrogens (tertiary/aromatic N) is 5. The van der Waals surface area contributed by atoms with Crippen LogP contribution in [0.3, 0.4) is 0 Å². The molecule has 13 nitrogen and oxygen atoms in total. The van der Waals surface area contributed by atoms with Gasteiger partial charge in [0.2, 0.25) is 17.7 Å². The molecule has 4 amide bonds. The zero-order valence-corrected chi connectivity index (χ0v) is 33.6. The van der Waals surface area contributed by atoms with Gasteiger partial charge in [-0.1, -0.05) is 13.0 Å². The molecule has 17 heteroatoms. The number of anilines is 4. The number of likely N-dealkylation sites (tertiary alicyclic amines) is 1. The monoisotopic (exact) mass is 820 g/mol. The maximum absolute atomic E-state index is 13.7. The molecule has 0 radical (unpaired) electrons. The molecule has 58 heavy (non-hydrogen) atoms. The van der Waals surface area contributed by atoms with Crippen LogP contribution in [-0.2, 0) is 31.8 Å². The number of aryl methyl sites for hydroxylation is 1. The number of ether oxygens (including phenoxy) is 1. The third kappa shape index (κ3) is 9.02. The number of pyridine rings is 1. The molecule has 308 valence electrons. The number of nitrogens with one attached hydrogen (secondary N) is 3. The van der Waals surface area contributed by atoms with E-state index in [0.29, 0.717) is 48.2 Å². The van der Waals surface area contributed by atoms with Gasteiger partial charge in [0.05, 0.1) is 30.1 Å². The highest BCUT2D eigenvalue weighted by Crippen LogP contribution is 2.43. The zero-order chi connectivity index (χ0) is 41.9. The van der Waals surface area contributed by atoms with E-state index >= 15 is 0 Å². The van der Waals surface area contributed by atoms with Gasteiger partial charge in [0.25, 0.3) is 5.91 Å². The van der Waals surface area contributed by atoms with Gasteiger partial charge in [0, 0.05) is 23.5 Å². The number of alkyl halides is 3. The van der Waals surface area contributed by atoms with Gasteiger partial charge in [-0.05, 0) is 120 Å². The highest BCUT2D eigenvalue weighted by molar-refractivity contribution is 7.81. The average molecular weight is 821 g/mol. The smallest absolute Gasteiger partial charge is 0.419 e. The van der Waals surface area contributed by atoms with Gasteiger partial charge in [-0.25, -0.2) is 4.98 Å². The Labute approximate surface area is 340 Å². The number of amides is 4. The number of hydrogen-bond donors (Lipinski definition) is 4. The number of halogens is 3. The van der Waals surface area contributed by atoms with E-state index in [1.807, 2.05) is 32.0 Å². The van der Waals surface area contributed by atoms with Crippen LogP contribution in [0.5, 0.6) is 5.75 Å². The van der Waals surface area contributed by atoms with Crippen LogP contribution in [0.15, 0.2) is 54.7 Å². The molecule has 6 rings (SSSR count). The summed E-state index contributed by atoms with van der Waals surface area (Å²) in [4.78, 5) is 59.3. The number of carbonyl (C=O) groups is 4. The Morgan fingerprint density at radius 3 is 2.48 bits per heavy atom. The quantitative estimate of drug-likeness (QED) is 0.124. The Morgan fingerprint density at radius 1 is 1.09 bits per heavy atom. The Bertz CT molecular complexity index is 2100. The second-order valence-electron chi connectivity index (χ2n) is 15.3. The maximum atomic E-state index is 13.7. The lowest BCUT2D eigenvalue weighted by atomic mass is 9.93. The molecule has 3 aliphatic rings. The van der Waals surface area contributed by atoms with Gasteiger partial charge in [0.1, 0.15) is 23.4 Å². The average Bonchev–Trinajstić information content (AvgIpc) is 3.37. The predicted octanol–water partition coefficient (Wildman–Crippen LogP) is 6.10. The molecule has 3 N–H and O–H groups in total. The number of imide groups is 1. The van der Waals surface area contributed by atoms with E-state index in [-0.39, 0.29) is 35.9 Å². The topological polar surface area (TPSA) is 160 Å². The first-order valence-electron chi connectivity index (χ1n) is 19.3. The Kier molecular flexibility index (Phi) is 12.6. The second-order valence-corrected chi connectivity index (χ2v) is 15.8. The highest BCUT2D eigenvalue weighted by atomic mass is 32.1. The summed E-state index contributed by atoms with van der Waals surface area (Å²) in [6.45, 7) is 9.24. The fourth-order valence-corrected chi connectivity index (χ4v) is 8.39. The molecule has 3 atom stereocenters. The van der Waals surface area contributed by atoms with Crippen LogP contribution in [0.25, 0.3) is 0 Å². The minimum Gasteiger partial charge on any atom is -0.493 e. The molecule has 0 bridgehead atoms. The van der Waals surface area contributed by atoms with Crippen molar-refractivity contribution in [1.82, 2.24) is 15.2 Å². The Balaban J connectivity index is 1.01. The summed E-state index contributed by atoms with van der Waals surface area (Å²) >= 11 is 4.70. The van der Waals surface area contributed by atoms with Gasteiger partial charge in [-0.3, -0.25) is 34.3 Å². The zero-order valence-electron chi connectivity index (χ0n) is 32.7. The molecule has 0 saturated carbocycles. The summed E-state index contributed by atoms with van der Waals surface area (Å²) in [5.74, 6) is -0.138. The van der Waals surface area contributed by atoms with Crippen LogP contribution in [0.1, 0.15) is 76.6 Å². The van der Waals surface area contributed by atoms with E-state index in [9.17, 15) is 37.6 Å². The van der Waals surface area contributed by atoms with Crippen LogP contribution >= 0.6 is 12.6 Å². The molecule has 1 aromatic heterocycles. The fourth-order valence-electron chi connectivity index (χ4n) is 7.73. The number of piperidine rings is 2. The fraction of sp³-hybridized carbons (Fsp3) is 0.463. The van der Waals surface area contributed by atoms with Gasteiger partial charge in [-0.15, -0.1) is 12.6 Å². The Morgan fingerprint density at radius 2 is 1.81 bits per heavy atom. The summed E-state index contributed by atoms with van der Waals surface area (Å²) in [5, 5.41) is 17.6. The van der Waals surface area contributed by atoms with Crippen molar-refractivity contribution in [3.05, 3.63) is 71.5 Å². The van der Waals surface area contributed by atoms with E-state index in [1.54, 1.807) is 43.0 Å². The molecular weight excluding hydrogens is 774 g/mol. The van der Waals surface area contributed by atoms with Gasteiger partial charge < -0.3 is 20.3 Å². The number of carbonyl (C=O) groups excluding carboxylic acids is 4. The summed E-state index contributed by atoms with van der Waals surface area (Å²) < 4.78 is 47.5. The standard InChI is InChI=1S/C41H47F3N8O5S/c1-5-26-19-29(52-39(58)51(38(56)40(52,3)4)30-21-31(41(42,43)44)33(22-45)46-23-30)9-11-34(26)57-18-15-25-13-16-50(17-14-25)24(2)36(54)48-28-8-6-7-27(20-28)47-32-10-12-35(53)49-37(32)55/h6-9,11,19-21,23-25,32,39,47,58H,5,10,12-18H2,1-4H3,(H,48,54)(H,49,53,55)/t24-,32-,39+/m1/s1. The van der Waals surface area contributed by atoms with Crippen molar-refractivity contribution < 1.29 is 37.1 Å². The van der Waals surface area contributed by atoms with Crippen molar-refractivity contribution in [2.24, 2.45) is 5.92 Å². The Hall–Kier alpha value is -5.34. The number of aromatic nitrogens is 1. The summed E-state index contributed by atoms with van der Waals surface area (Å²) in [7, 11) is 0.